The van der Waals surface area contributed by atoms with Crippen LogP contribution in [0.4, 0.5) is 0 Å². The van der Waals surface area contributed by atoms with Crippen molar-refractivity contribution in [3.8, 4) is 0 Å². The van der Waals surface area contributed by atoms with Crippen LogP contribution in [0.25, 0.3) is 0 Å². The smallest absolute Gasteiger partial charge is 0.115 e. The van der Waals surface area contributed by atoms with E-state index in [0.717, 1.165) is 13.0 Å². The molecule has 1 fully saturated rings. The summed E-state index contributed by atoms with van der Waals surface area (Å²) in [6.45, 7) is 12.7. The summed E-state index contributed by atoms with van der Waals surface area (Å²) in [4.78, 5) is 8.34. The summed E-state index contributed by atoms with van der Waals surface area (Å²) in [5.74, 6) is 0.641. The van der Waals surface area contributed by atoms with Gasteiger partial charge in [0.05, 0.1) is 0 Å². The zero-order valence-electron chi connectivity index (χ0n) is 12.2. The van der Waals surface area contributed by atoms with E-state index < -0.39 is 0 Å². The molecule has 100 valence electrons. The molecule has 1 N–H and O–H groups in total. The Hall–Kier alpha value is -0.960. The lowest BCUT2D eigenvalue weighted by Gasteiger charge is -2.20. The van der Waals surface area contributed by atoms with Crippen molar-refractivity contribution in [1.29, 1.82) is 0 Å². The van der Waals surface area contributed by atoms with Crippen LogP contribution in [0.5, 0.6) is 0 Å². The third-order valence-corrected chi connectivity index (χ3v) is 5.02. The van der Waals surface area contributed by atoms with Crippen molar-refractivity contribution < 1.29 is 0 Å². The first-order valence-corrected chi connectivity index (χ1v) is 6.91. The Balaban J connectivity index is 2.23. The number of rotatable bonds is 5. The van der Waals surface area contributed by atoms with Gasteiger partial charge in [-0.1, -0.05) is 34.6 Å². The van der Waals surface area contributed by atoms with Crippen LogP contribution in [-0.2, 0) is 0 Å². The van der Waals surface area contributed by atoms with Crippen LogP contribution in [-0.4, -0.2) is 16.5 Å². The second-order valence-electron chi connectivity index (χ2n) is 6.52. The Morgan fingerprint density at radius 2 is 1.72 bits per heavy atom. The van der Waals surface area contributed by atoms with Gasteiger partial charge in [0.1, 0.15) is 6.33 Å². The number of nitrogens with zero attached hydrogens (tertiary/aromatic N) is 2. The number of nitrogens with one attached hydrogen (secondary N) is 1. The summed E-state index contributed by atoms with van der Waals surface area (Å²) in [7, 11) is 0. The fourth-order valence-corrected chi connectivity index (χ4v) is 3.28. The van der Waals surface area contributed by atoms with E-state index in [-0.39, 0.29) is 0 Å². The van der Waals surface area contributed by atoms with E-state index in [1.807, 2.05) is 12.4 Å². The third-order valence-electron chi connectivity index (χ3n) is 5.02. The Bertz CT molecular complexity index is 383. The van der Waals surface area contributed by atoms with Gasteiger partial charge in [0.25, 0.3) is 0 Å². The third kappa shape index (κ3) is 2.05. The van der Waals surface area contributed by atoms with Gasteiger partial charge in [0, 0.05) is 24.0 Å². The molecule has 1 aliphatic carbocycles. The number of aromatic nitrogens is 2. The lowest BCUT2D eigenvalue weighted by atomic mass is 9.98. The molecule has 3 heteroatoms. The minimum atomic E-state index is 0.369. The lowest BCUT2D eigenvalue weighted by molar-refractivity contribution is 0.408. The van der Waals surface area contributed by atoms with Crippen LogP contribution >= 0.6 is 0 Å². The van der Waals surface area contributed by atoms with E-state index in [2.05, 4.69) is 49.9 Å². The molecular weight excluding hydrogens is 222 g/mol. The molecule has 0 aliphatic heterocycles. The van der Waals surface area contributed by atoms with Gasteiger partial charge in [0.15, 0.2) is 0 Å². The van der Waals surface area contributed by atoms with E-state index in [9.17, 15) is 0 Å². The predicted molar refractivity (Wildman–Crippen MR) is 74.1 cm³/mol. The average Bonchev–Trinajstić information content (AvgIpc) is 2.74. The first kappa shape index (κ1) is 13.5. The summed E-state index contributed by atoms with van der Waals surface area (Å²) in [5.41, 5.74) is 1.96. The molecule has 1 aliphatic rings. The van der Waals surface area contributed by atoms with E-state index >= 15 is 0 Å². The average molecular weight is 247 g/mol. The lowest BCUT2D eigenvalue weighted by Crippen LogP contribution is -2.26. The quantitative estimate of drug-likeness (QED) is 0.868. The van der Waals surface area contributed by atoms with Gasteiger partial charge in [-0.15, -0.1) is 0 Å². The topological polar surface area (TPSA) is 37.8 Å². The fraction of sp³-hybridized carbons (Fsp3) is 0.733. The molecule has 0 spiro atoms. The van der Waals surface area contributed by atoms with E-state index in [0.29, 0.717) is 22.8 Å². The first-order valence-electron chi connectivity index (χ1n) is 6.91. The van der Waals surface area contributed by atoms with Gasteiger partial charge >= 0.3 is 0 Å². The molecule has 1 saturated carbocycles. The Morgan fingerprint density at radius 3 is 2.17 bits per heavy atom. The monoisotopic (exact) mass is 247 g/mol. The highest BCUT2D eigenvalue weighted by Gasteiger charge is 2.67. The highest BCUT2D eigenvalue weighted by molar-refractivity contribution is 5.23. The zero-order chi connectivity index (χ0) is 13.4. The summed E-state index contributed by atoms with van der Waals surface area (Å²) in [6, 6.07) is 0.371. The molecule has 0 aromatic carbocycles. The standard InChI is InChI=1S/C15H25N3/c1-6-7-18-12(11-8-16-10-17-9-11)13-14(2,3)15(13,4)5/h8-10,12-13,18H,6-7H2,1-5H3. The molecule has 0 radical (unpaired) electrons. The molecular formula is C15H25N3. The minimum absolute atomic E-state index is 0.369. The van der Waals surface area contributed by atoms with Gasteiger partial charge in [-0.2, -0.15) is 0 Å². The van der Waals surface area contributed by atoms with Crippen molar-refractivity contribution in [3.05, 3.63) is 24.3 Å². The predicted octanol–water partition coefficient (Wildman–Crippen LogP) is 3.20. The van der Waals surface area contributed by atoms with Gasteiger partial charge < -0.3 is 5.32 Å². The minimum Gasteiger partial charge on any atom is -0.310 e. The largest absolute Gasteiger partial charge is 0.310 e. The Labute approximate surface area is 110 Å². The second kappa shape index (κ2) is 4.61. The molecule has 0 bridgehead atoms. The molecule has 18 heavy (non-hydrogen) atoms. The van der Waals surface area contributed by atoms with Crippen LogP contribution < -0.4 is 5.32 Å². The number of hydrogen-bond donors (Lipinski definition) is 1. The van der Waals surface area contributed by atoms with Crippen molar-refractivity contribution >= 4 is 0 Å². The van der Waals surface area contributed by atoms with Gasteiger partial charge in [-0.3, -0.25) is 0 Å². The maximum atomic E-state index is 4.17. The van der Waals surface area contributed by atoms with E-state index in [1.54, 1.807) is 6.33 Å². The van der Waals surface area contributed by atoms with Crippen molar-refractivity contribution in [2.24, 2.45) is 16.7 Å². The SMILES string of the molecule is CCCNC(c1cncnc1)C1C(C)(C)C1(C)C. The fourth-order valence-electron chi connectivity index (χ4n) is 3.28. The maximum absolute atomic E-state index is 4.17. The van der Waals surface area contributed by atoms with Crippen molar-refractivity contribution in [3.63, 3.8) is 0 Å². The second-order valence-corrected chi connectivity index (χ2v) is 6.52. The van der Waals surface area contributed by atoms with Crippen LogP contribution in [0.2, 0.25) is 0 Å². The molecule has 1 unspecified atom stereocenters. The number of hydrogen-bond acceptors (Lipinski definition) is 3. The normalized spacial score (nSPS) is 22.7. The van der Waals surface area contributed by atoms with Crippen LogP contribution in [0.15, 0.2) is 18.7 Å². The van der Waals surface area contributed by atoms with Crippen molar-refractivity contribution in [1.82, 2.24) is 15.3 Å². The molecule has 1 aromatic rings. The Morgan fingerprint density at radius 1 is 1.17 bits per heavy atom. The molecule has 1 aromatic heterocycles. The zero-order valence-corrected chi connectivity index (χ0v) is 12.2. The van der Waals surface area contributed by atoms with Gasteiger partial charge in [-0.05, 0) is 29.7 Å². The van der Waals surface area contributed by atoms with Gasteiger partial charge in [0.2, 0.25) is 0 Å². The summed E-state index contributed by atoms with van der Waals surface area (Å²) in [5, 5.41) is 3.68. The van der Waals surface area contributed by atoms with Crippen LogP contribution in [0, 0.1) is 16.7 Å². The van der Waals surface area contributed by atoms with Crippen molar-refractivity contribution in [2.75, 3.05) is 6.54 Å². The molecule has 2 rings (SSSR count). The van der Waals surface area contributed by atoms with Gasteiger partial charge in [-0.25, -0.2) is 9.97 Å². The summed E-state index contributed by atoms with van der Waals surface area (Å²) >= 11 is 0. The van der Waals surface area contributed by atoms with Crippen LogP contribution in [0.3, 0.4) is 0 Å². The summed E-state index contributed by atoms with van der Waals surface area (Å²) in [6.07, 6.45) is 6.65. The van der Waals surface area contributed by atoms with E-state index in [4.69, 9.17) is 0 Å². The molecule has 0 amide bonds. The Kier molecular flexibility index (Phi) is 3.45. The molecule has 1 atom stereocenters. The van der Waals surface area contributed by atoms with Crippen molar-refractivity contribution in [2.45, 2.75) is 47.1 Å². The van der Waals surface area contributed by atoms with Crippen LogP contribution in [0.1, 0.15) is 52.6 Å². The highest BCUT2D eigenvalue weighted by atomic mass is 15.0. The first-order chi connectivity index (χ1) is 8.43. The molecule has 0 saturated heterocycles. The molecule has 3 nitrogen and oxygen atoms in total. The maximum Gasteiger partial charge on any atom is 0.115 e. The summed E-state index contributed by atoms with van der Waals surface area (Å²) < 4.78 is 0. The highest BCUT2D eigenvalue weighted by Crippen LogP contribution is 2.72. The molecule has 1 heterocycles. The van der Waals surface area contributed by atoms with E-state index in [1.165, 1.54) is 5.56 Å².